The average Bonchev–Trinajstić information content (AvgIpc) is 2.41. The van der Waals surface area contributed by atoms with Crippen molar-refractivity contribution >= 4 is 0 Å². The number of rotatable bonds is 5. The fourth-order valence-electron chi connectivity index (χ4n) is 1.34. The molecule has 19 heavy (non-hydrogen) atoms. The lowest BCUT2D eigenvalue weighted by Gasteiger charge is -2.08. The molecule has 1 aromatic heterocycles. The van der Waals surface area contributed by atoms with Crippen molar-refractivity contribution in [2.24, 2.45) is 0 Å². The van der Waals surface area contributed by atoms with E-state index >= 15 is 0 Å². The molecule has 2 aromatic rings. The number of para-hydroxylation sites is 1. The first-order valence-electron chi connectivity index (χ1n) is 5.49. The Morgan fingerprint density at radius 3 is 2.32 bits per heavy atom. The Morgan fingerprint density at radius 1 is 0.895 bits per heavy atom. The second-order valence-corrected chi connectivity index (χ2v) is 3.56. The number of halogens is 3. The molecule has 3 nitrogen and oxygen atoms in total. The van der Waals surface area contributed by atoms with Gasteiger partial charge in [0.25, 0.3) is 11.8 Å². The fourth-order valence-corrected chi connectivity index (χ4v) is 1.34. The lowest BCUT2D eigenvalue weighted by Crippen LogP contribution is -2.11. The quantitative estimate of drug-likeness (QED) is 0.617. The maximum absolute atomic E-state index is 13.1. The first kappa shape index (κ1) is 13.2. The number of aromatic nitrogens is 1. The van der Waals surface area contributed by atoms with Crippen molar-refractivity contribution in [1.82, 2.24) is 4.98 Å². The summed E-state index contributed by atoms with van der Waals surface area (Å²) in [5.74, 6) is -3.77. The second-order valence-electron chi connectivity index (χ2n) is 3.56. The number of hydrogen-bond acceptors (Lipinski definition) is 3. The maximum atomic E-state index is 13.1. The molecular formula is C13H10F3NO2. The third-order valence-electron chi connectivity index (χ3n) is 2.19. The molecule has 0 fully saturated rings. The molecule has 0 aliphatic heterocycles. The summed E-state index contributed by atoms with van der Waals surface area (Å²) in [6.45, 7) is 0.0913. The Morgan fingerprint density at radius 2 is 1.58 bits per heavy atom. The lowest BCUT2D eigenvalue weighted by molar-refractivity contribution is 0.202. The van der Waals surface area contributed by atoms with Crippen LogP contribution in [0.5, 0.6) is 11.6 Å². The summed E-state index contributed by atoms with van der Waals surface area (Å²) < 4.78 is 48.7. The molecule has 1 heterocycles. The summed E-state index contributed by atoms with van der Waals surface area (Å²) in [6.07, 6.45) is 0. The fraction of sp³-hybridized carbons (Fsp3) is 0.154. The molecular weight excluding hydrogens is 259 g/mol. The number of nitrogens with zero attached hydrogens (tertiary/aromatic N) is 1. The minimum absolute atomic E-state index is 0.0378. The Bertz CT molecular complexity index is 549. The van der Waals surface area contributed by atoms with Crippen molar-refractivity contribution in [2.45, 2.75) is 0 Å². The highest BCUT2D eigenvalue weighted by molar-refractivity contribution is 5.21. The van der Waals surface area contributed by atoms with Gasteiger partial charge in [0.2, 0.25) is 0 Å². The van der Waals surface area contributed by atoms with Crippen LogP contribution < -0.4 is 9.47 Å². The number of ether oxygens (including phenoxy) is 2. The zero-order chi connectivity index (χ0) is 13.7. The molecule has 0 saturated heterocycles. The predicted octanol–water partition coefficient (Wildman–Crippen LogP) is 2.96. The van der Waals surface area contributed by atoms with Crippen molar-refractivity contribution in [2.75, 3.05) is 13.2 Å². The van der Waals surface area contributed by atoms with Gasteiger partial charge in [-0.15, -0.1) is 0 Å². The summed E-state index contributed by atoms with van der Waals surface area (Å²) >= 11 is 0. The Balaban J connectivity index is 1.85. The van der Waals surface area contributed by atoms with Crippen LogP contribution in [0, 0.1) is 17.6 Å². The van der Waals surface area contributed by atoms with E-state index in [0.29, 0.717) is 11.8 Å². The van der Waals surface area contributed by atoms with Gasteiger partial charge in [-0.3, -0.25) is 0 Å². The van der Waals surface area contributed by atoms with Gasteiger partial charge in [0.1, 0.15) is 19.0 Å². The molecule has 2 rings (SSSR count). The van der Waals surface area contributed by atoms with Gasteiger partial charge in [0.05, 0.1) is 0 Å². The van der Waals surface area contributed by atoms with Crippen LogP contribution in [0.1, 0.15) is 0 Å². The Kier molecular flexibility index (Phi) is 4.22. The van der Waals surface area contributed by atoms with E-state index in [0.717, 1.165) is 0 Å². The van der Waals surface area contributed by atoms with E-state index in [4.69, 9.17) is 9.47 Å². The highest BCUT2D eigenvalue weighted by Gasteiger charge is 2.12. The second kappa shape index (κ2) is 6.08. The molecule has 0 aliphatic rings. The summed E-state index contributed by atoms with van der Waals surface area (Å²) in [7, 11) is 0. The smallest absolute Gasteiger partial charge is 0.253 e. The summed E-state index contributed by atoms with van der Waals surface area (Å²) in [4.78, 5) is 3.02. The van der Waals surface area contributed by atoms with E-state index in [1.54, 1.807) is 24.3 Å². The summed E-state index contributed by atoms with van der Waals surface area (Å²) in [6, 6.07) is 9.31. The predicted molar refractivity (Wildman–Crippen MR) is 61.5 cm³/mol. The molecule has 0 radical (unpaired) electrons. The van der Waals surface area contributed by atoms with Gasteiger partial charge >= 0.3 is 0 Å². The van der Waals surface area contributed by atoms with E-state index < -0.39 is 23.5 Å². The Labute approximate surface area is 107 Å². The van der Waals surface area contributed by atoms with Crippen molar-refractivity contribution in [3.8, 4) is 11.6 Å². The standard InChI is InChI=1S/C13H10F3NO2/c14-10-8-11(15)13(17-12(10)16)19-7-6-18-9-4-2-1-3-5-9/h1-5,8H,6-7H2. The van der Waals surface area contributed by atoms with Gasteiger partial charge in [-0.05, 0) is 12.1 Å². The van der Waals surface area contributed by atoms with E-state index in [1.807, 2.05) is 6.07 Å². The van der Waals surface area contributed by atoms with Gasteiger partial charge in [-0.1, -0.05) is 18.2 Å². The van der Waals surface area contributed by atoms with Crippen molar-refractivity contribution in [3.05, 3.63) is 54.0 Å². The van der Waals surface area contributed by atoms with Gasteiger partial charge < -0.3 is 9.47 Å². The van der Waals surface area contributed by atoms with Crippen molar-refractivity contribution in [3.63, 3.8) is 0 Å². The SMILES string of the molecule is Fc1cc(F)c(OCCOc2ccccc2)nc1F. The third kappa shape index (κ3) is 3.61. The highest BCUT2D eigenvalue weighted by Crippen LogP contribution is 2.16. The van der Waals surface area contributed by atoms with Crippen molar-refractivity contribution < 1.29 is 22.6 Å². The minimum atomic E-state index is -1.40. The summed E-state index contributed by atoms with van der Waals surface area (Å²) in [5.41, 5.74) is 0. The zero-order valence-corrected chi connectivity index (χ0v) is 9.78. The van der Waals surface area contributed by atoms with Gasteiger partial charge in [-0.2, -0.15) is 9.37 Å². The lowest BCUT2D eigenvalue weighted by atomic mass is 10.3. The van der Waals surface area contributed by atoms with Gasteiger partial charge in [0.15, 0.2) is 11.6 Å². The number of benzene rings is 1. The Hall–Kier alpha value is -2.24. The molecule has 0 amide bonds. The molecule has 0 bridgehead atoms. The molecule has 0 atom stereocenters. The molecule has 0 spiro atoms. The largest absolute Gasteiger partial charge is 0.490 e. The molecule has 6 heteroatoms. The van der Waals surface area contributed by atoms with Crippen LogP contribution in [-0.2, 0) is 0 Å². The average molecular weight is 269 g/mol. The van der Waals surface area contributed by atoms with Crippen LogP contribution >= 0.6 is 0 Å². The molecule has 0 saturated carbocycles. The monoisotopic (exact) mass is 269 g/mol. The molecule has 0 aliphatic carbocycles. The van der Waals surface area contributed by atoms with Gasteiger partial charge in [-0.25, -0.2) is 8.78 Å². The molecule has 1 aromatic carbocycles. The minimum Gasteiger partial charge on any atom is -0.490 e. The molecule has 0 unspecified atom stereocenters. The van der Waals surface area contributed by atoms with E-state index in [2.05, 4.69) is 4.98 Å². The van der Waals surface area contributed by atoms with Crippen LogP contribution in [0.15, 0.2) is 36.4 Å². The van der Waals surface area contributed by atoms with Crippen LogP contribution in [0.25, 0.3) is 0 Å². The maximum Gasteiger partial charge on any atom is 0.253 e. The first-order chi connectivity index (χ1) is 9.16. The number of pyridine rings is 1. The van der Waals surface area contributed by atoms with Crippen molar-refractivity contribution in [1.29, 1.82) is 0 Å². The highest BCUT2D eigenvalue weighted by atomic mass is 19.2. The van der Waals surface area contributed by atoms with Crippen LogP contribution in [0.3, 0.4) is 0 Å². The first-order valence-corrected chi connectivity index (χ1v) is 5.49. The van der Waals surface area contributed by atoms with Crippen LogP contribution in [0.4, 0.5) is 13.2 Å². The van der Waals surface area contributed by atoms with Crippen LogP contribution in [0.2, 0.25) is 0 Å². The topological polar surface area (TPSA) is 31.4 Å². The van der Waals surface area contributed by atoms with E-state index in [-0.39, 0.29) is 13.2 Å². The number of hydrogen-bond donors (Lipinski definition) is 0. The zero-order valence-electron chi connectivity index (χ0n) is 9.78. The van der Waals surface area contributed by atoms with Gasteiger partial charge in [0, 0.05) is 6.07 Å². The normalized spacial score (nSPS) is 10.3. The molecule has 0 N–H and O–H groups in total. The summed E-state index contributed by atoms with van der Waals surface area (Å²) in [5, 5.41) is 0. The van der Waals surface area contributed by atoms with E-state index in [1.165, 1.54) is 0 Å². The van der Waals surface area contributed by atoms with E-state index in [9.17, 15) is 13.2 Å². The van der Waals surface area contributed by atoms with Crippen LogP contribution in [-0.4, -0.2) is 18.2 Å². The molecule has 100 valence electrons. The third-order valence-corrected chi connectivity index (χ3v) is 2.19.